The molecule has 0 aliphatic carbocycles. The van der Waals surface area contributed by atoms with E-state index in [0.717, 1.165) is 45.6 Å². The van der Waals surface area contributed by atoms with Gasteiger partial charge in [0.15, 0.2) is 0 Å². The van der Waals surface area contributed by atoms with Crippen LogP contribution in [0.3, 0.4) is 0 Å². The summed E-state index contributed by atoms with van der Waals surface area (Å²) in [5.41, 5.74) is 7.13. The lowest BCUT2D eigenvalue weighted by Gasteiger charge is -2.38. The molecule has 0 amide bonds. The van der Waals surface area contributed by atoms with Gasteiger partial charge in [-0.15, -0.1) is 0 Å². The average molecular weight is 292 g/mol. The molecule has 110 valence electrons. The van der Waals surface area contributed by atoms with Gasteiger partial charge in [-0.05, 0) is 24.5 Å². The van der Waals surface area contributed by atoms with Crippen LogP contribution in [0.4, 0.5) is 0 Å². The van der Waals surface area contributed by atoms with Crippen molar-refractivity contribution in [3.05, 3.63) is 30.1 Å². The van der Waals surface area contributed by atoms with E-state index in [0.29, 0.717) is 4.99 Å². The Morgan fingerprint density at radius 1 is 1.40 bits per heavy atom. The Labute approximate surface area is 127 Å². The van der Waals surface area contributed by atoms with E-state index in [-0.39, 0.29) is 6.04 Å². The number of hydrogen-bond acceptors (Lipinski definition) is 4. The second kappa shape index (κ2) is 7.67. The molecular formula is C15H24N4S. The third kappa shape index (κ3) is 4.23. The Hall–Kier alpha value is -1.04. The molecule has 2 heterocycles. The van der Waals surface area contributed by atoms with Crippen molar-refractivity contribution in [1.82, 2.24) is 14.8 Å². The second-order valence-electron chi connectivity index (χ2n) is 5.32. The Balaban J connectivity index is 1.75. The van der Waals surface area contributed by atoms with Crippen LogP contribution in [0.25, 0.3) is 0 Å². The molecule has 2 rings (SSSR count). The van der Waals surface area contributed by atoms with Crippen molar-refractivity contribution in [3.63, 3.8) is 0 Å². The van der Waals surface area contributed by atoms with Gasteiger partial charge in [0.05, 0.1) is 11.0 Å². The van der Waals surface area contributed by atoms with Gasteiger partial charge in [0.25, 0.3) is 0 Å². The highest BCUT2D eigenvalue weighted by molar-refractivity contribution is 7.80. The number of hydrogen-bond donors (Lipinski definition) is 1. The highest BCUT2D eigenvalue weighted by Gasteiger charge is 2.23. The Kier molecular flexibility index (Phi) is 5.88. The van der Waals surface area contributed by atoms with Crippen molar-refractivity contribution >= 4 is 17.2 Å². The summed E-state index contributed by atoms with van der Waals surface area (Å²) < 4.78 is 0. The molecule has 0 spiro atoms. The molecule has 1 aromatic heterocycles. The van der Waals surface area contributed by atoms with Gasteiger partial charge in [-0.25, -0.2) is 0 Å². The average Bonchev–Trinajstić information content (AvgIpc) is 2.48. The number of rotatable bonds is 6. The maximum absolute atomic E-state index is 5.82. The second-order valence-corrected chi connectivity index (χ2v) is 5.79. The summed E-state index contributed by atoms with van der Waals surface area (Å²) >= 11 is 5.16. The van der Waals surface area contributed by atoms with Crippen molar-refractivity contribution in [1.29, 1.82) is 0 Å². The van der Waals surface area contributed by atoms with Crippen LogP contribution in [0, 0.1) is 0 Å². The predicted octanol–water partition coefficient (Wildman–Crippen LogP) is 1.31. The Bertz CT molecular complexity index is 415. The van der Waals surface area contributed by atoms with Crippen molar-refractivity contribution in [2.24, 2.45) is 5.73 Å². The number of nitrogens with zero attached hydrogens (tertiary/aromatic N) is 3. The van der Waals surface area contributed by atoms with Gasteiger partial charge in [-0.3, -0.25) is 9.88 Å². The minimum atomic E-state index is 0.269. The maximum Gasteiger partial charge on any atom is 0.0901 e. The third-order valence-corrected chi connectivity index (χ3v) is 4.27. The van der Waals surface area contributed by atoms with Crippen LogP contribution in [-0.4, -0.2) is 58.5 Å². The Morgan fingerprint density at radius 3 is 2.70 bits per heavy atom. The third-order valence-electron chi connectivity index (χ3n) is 4.00. The molecule has 0 saturated carbocycles. The van der Waals surface area contributed by atoms with E-state index in [1.807, 2.05) is 18.5 Å². The smallest absolute Gasteiger partial charge is 0.0901 e. The molecule has 1 saturated heterocycles. The lowest BCUT2D eigenvalue weighted by atomic mass is 10.1. The SMILES string of the molecule is CCC(C(N)=S)N1CCN(CCc2cccnc2)CC1. The van der Waals surface area contributed by atoms with Gasteiger partial charge in [-0.2, -0.15) is 0 Å². The first-order chi connectivity index (χ1) is 9.70. The highest BCUT2D eigenvalue weighted by atomic mass is 32.1. The van der Waals surface area contributed by atoms with Crippen LogP contribution in [0.5, 0.6) is 0 Å². The molecule has 0 aromatic carbocycles. The molecule has 1 fully saturated rings. The zero-order valence-electron chi connectivity index (χ0n) is 12.2. The van der Waals surface area contributed by atoms with E-state index >= 15 is 0 Å². The van der Waals surface area contributed by atoms with Gasteiger partial charge in [0.2, 0.25) is 0 Å². The van der Waals surface area contributed by atoms with E-state index in [2.05, 4.69) is 27.8 Å². The summed E-state index contributed by atoms with van der Waals surface area (Å²) in [5, 5.41) is 0. The van der Waals surface area contributed by atoms with Crippen LogP contribution in [0.2, 0.25) is 0 Å². The van der Waals surface area contributed by atoms with E-state index in [1.54, 1.807) is 0 Å². The number of thiocarbonyl (C=S) groups is 1. The minimum Gasteiger partial charge on any atom is -0.392 e. The van der Waals surface area contributed by atoms with Crippen LogP contribution in [-0.2, 0) is 6.42 Å². The normalized spacial score (nSPS) is 18.9. The molecule has 0 radical (unpaired) electrons. The molecule has 1 unspecified atom stereocenters. The summed E-state index contributed by atoms with van der Waals surface area (Å²) in [7, 11) is 0. The largest absolute Gasteiger partial charge is 0.392 e. The van der Waals surface area contributed by atoms with Gasteiger partial charge in [-0.1, -0.05) is 25.2 Å². The summed E-state index contributed by atoms with van der Waals surface area (Å²) in [6, 6.07) is 4.41. The molecule has 2 N–H and O–H groups in total. The van der Waals surface area contributed by atoms with Crippen molar-refractivity contribution < 1.29 is 0 Å². The summed E-state index contributed by atoms with van der Waals surface area (Å²) in [4.78, 5) is 9.72. The molecule has 0 bridgehead atoms. The number of pyridine rings is 1. The van der Waals surface area contributed by atoms with Gasteiger partial charge >= 0.3 is 0 Å². The highest BCUT2D eigenvalue weighted by Crippen LogP contribution is 2.10. The molecular weight excluding hydrogens is 268 g/mol. The fourth-order valence-electron chi connectivity index (χ4n) is 2.77. The van der Waals surface area contributed by atoms with Gasteiger partial charge in [0, 0.05) is 45.1 Å². The summed E-state index contributed by atoms with van der Waals surface area (Å²) in [6.45, 7) is 7.56. The molecule has 1 aliphatic rings. The zero-order valence-corrected chi connectivity index (χ0v) is 13.0. The molecule has 1 atom stereocenters. The first-order valence-electron chi connectivity index (χ1n) is 7.35. The van der Waals surface area contributed by atoms with Crippen molar-refractivity contribution in [2.45, 2.75) is 25.8 Å². The maximum atomic E-state index is 5.82. The molecule has 1 aromatic rings. The lowest BCUT2D eigenvalue weighted by molar-refractivity contribution is 0.117. The number of aromatic nitrogens is 1. The summed E-state index contributed by atoms with van der Waals surface area (Å²) in [6.07, 6.45) is 5.85. The molecule has 4 nitrogen and oxygen atoms in total. The number of nitrogens with two attached hydrogens (primary N) is 1. The standard InChI is InChI=1S/C15H24N4S/c1-2-14(15(16)20)19-10-8-18(9-11-19)7-5-13-4-3-6-17-12-13/h3-4,6,12,14H,2,5,7-11H2,1H3,(H2,16,20). The molecule has 5 heteroatoms. The van der Waals surface area contributed by atoms with E-state index < -0.39 is 0 Å². The van der Waals surface area contributed by atoms with Gasteiger partial charge < -0.3 is 10.6 Å². The summed E-state index contributed by atoms with van der Waals surface area (Å²) in [5.74, 6) is 0. The molecule has 20 heavy (non-hydrogen) atoms. The topological polar surface area (TPSA) is 45.4 Å². The Morgan fingerprint density at radius 2 is 2.15 bits per heavy atom. The number of piperazine rings is 1. The van der Waals surface area contributed by atoms with Crippen LogP contribution >= 0.6 is 12.2 Å². The van der Waals surface area contributed by atoms with E-state index in [4.69, 9.17) is 18.0 Å². The zero-order chi connectivity index (χ0) is 14.4. The van der Waals surface area contributed by atoms with Crippen LogP contribution < -0.4 is 5.73 Å². The molecule has 1 aliphatic heterocycles. The van der Waals surface area contributed by atoms with Crippen LogP contribution in [0.15, 0.2) is 24.5 Å². The van der Waals surface area contributed by atoms with Crippen molar-refractivity contribution in [2.75, 3.05) is 32.7 Å². The van der Waals surface area contributed by atoms with Gasteiger partial charge in [0.1, 0.15) is 0 Å². The predicted molar refractivity (Wildman–Crippen MR) is 86.8 cm³/mol. The van der Waals surface area contributed by atoms with Crippen LogP contribution in [0.1, 0.15) is 18.9 Å². The monoisotopic (exact) mass is 292 g/mol. The first kappa shape index (κ1) is 15.4. The van der Waals surface area contributed by atoms with Crippen molar-refractivity contribution in [3.8, 4) is 0 Å². The van der Waals surface area contributed by atoms with E-state index in [9.17, 15) is 0 Å². The fraction of sp³-hybridized carbons (Fsp3) is 0.600. The quantitative estimate of drug-likeness (QED) is 0.801. The minimum absolute atomic E-state index is 0.269. The first-order valence-corrected chi connectivity index (χ1v) is 7.76. The van der Waals surface area contributed by atoms with E-state index in [1.165, 1.54) is 5.56 Å². The fourth-order valence-corrected chi connectivity index (χ4v) is 3.09. The lowest BCUT2D eigenvalue weighted by Crippen LogP contribution is -2.53.